The summed E-state index contributed by atoms with van der Waals surface area (Å²) in [6, 6.07) is 0.275. The highest BCUT2D eigenvalue weighted by atomic mass is 35.5. The summed E-state index contributed by atoms with van der Waals surface area (Å²) < 4.78 is 5.57. The molecule has 1 saturated heterocycles. The zero-order chi connectivity index (χ0) is 13.8. The average molecular weight is 286 g/mol. The first-order valence-corrected chi connectivity index (χ1v) is 6.99. The maximum absolute atomic E-state index is 5.96. The van der Waals surface area contributed by atoms with E-state index in [0.29, 0.717) is 11.9 Å². The molecule has 2 unspecified atom stereocenters. The lowest BCUT2D eigenvalue weighted by Gasteiger charge is -2.26. The number of nitrogens with zero attached hydrogens (tertiary/aromatic N) is 4. The zero-order valence-electron chi connectivity index (χ0n) is 11.6. The molecule has 0 spiro atoms. The van der Waals surface area contributed by atoms with E-state index in [2.05, 4.69) is 34.1 Å². The van der Waals surface area contributed by atoms with Crippen molar-refractivity contribution in [3.05, 3.63) is 5.28 Å². The van der Waals surface area contributed by atoms with Gasteiger partial charge in [0.05, 0.1) is 12.1 Å². The molecule has 7 heteroatoms. The summed E-state index contributed by atoms with van der Waals surface area (Å²) in [5.41, 5.74) is 0. The smallest absolute Gasteiger partial charge is 0.231 e. The molecular weight excluding hydrogens is 266 g/mol. The fraction of sp³-hybridized carbons (Fsp3) is 0.750. The number of hydrogen-bond donors (Lipinski definition) is 1. The number of halogens is 1. The summed E-state index contributed by atoms with van der Waals surface area (Å²) in [4.78, 5) is 14.7. The molecule has 0 aliphatic carbocycles. The van der Waals surface area contributed by atoms with Crippen molar-refractivity contribution in [2.75, 3.05) is 30.4 Å². The van der Waals surface area contributed by atoms with Gasteiger partial charge in [-0.05, 0) is 31.4 Å². The highest BCUT2D eigenvalue weighted by Crippen LogP contribution is 2.23. The highest BCUT2D eigenvalue weighted by Gasteiger charge is 2.29. The molecule has 19 heavy (non-hydrogen) atoms. The Morgan fingerprint density at radius 2 is 2.21 bits per heavy atom. The molecule has 0 radical (unpaired) electrons. The van der Waals surface area contributed by atoms with Crippen LogP contribution < -0.4 is 10.2 Å². The van der Waals surface area contributed by atoms with Crippen LogP contribution in [0.4, 0.5) is 11.9 Å². The lowest BCUT2D eigenvalue weighted by Crippen LogP contribution is -2.38. The Hall–Kier alpha value is -1.14. The molecule has 1 aliphatic heterocycles. The number of aromatic nitrogens is 3. The minimum atomic E-state index is 0.174. The van der Waals surface area contributed by atoms with E-state index in [1.165, 1.54) is 0 Å². The number of likely N-dealkylation sites (N-methyl/N-ethyl adjacent to an activating group) is 1. The Balaban J connectivity index is 2.16. The quantitative estimate of drug-likeness (QED) is 0.892. The number of hydrogen-bond acceptors (Lipinski definition) is 6. The highest BCUT2D eigenvalue weighted by molar-refractivity contribution is 6.28. The van der Waals surface area contributed by atoms with E-state index >= 15 is 0 Å². The summed E-state index contributed by atoms with van der Waals surface area (Å²) in [6.07, 6.45) is 2.15. The SMILES string of the molecule is CCCNc1nc(Cl)nc(N(C)C2CCOC2C)n1. The van der Waals surface area contributed by atoms with E-state index in [1.807, 2.05) is 11.9 Å². The van der Waals surface area contributed by atoms with E-state index in [1.54, 1.807) is 0 Å². The maximum Gasteiger partial charge on any atom is 0.231 e. The van der Waals surface area contributed by atoms with Crippen LogP contribution in [0.2, 0.25) is 5.28 Å². The number of ether oxygens (including phenoxy) is 1. The molecule has 6 nitrogen and oxygen atoms in total. The molecule has 106 valence electrons. The molecule has 0 amide bonds. The van der Waals surface area contributed by atoms with Crippen molar-refractivity contribution in [3.8, 4) is 0 Å². The van der Waals surface area contributed by atoms with E-state index in [4.69, 9.17) is 16.3 Å². The predicted molar refractivity (Wildman–Crippen MR) is 75.8 cm³/mol. The average Bonchev–Trinajstić information content (AvgIpc) is 2.81. The minimum Gasteiger partial charge on any atom is -0.376 e. The van der Waals surface area contributed by atoms with Gasteiger partial charge in [-0.25, -0.2) is 0 Å². The van der Waals surface area contributed by atoms with E-state index in [0.717, 1.165) is 26.0 Å². The van der Waals surface area contributed by atoms with Gasteiger partial charge in [0.25, 0.3) is 0 Å². The maximum atomic E-state index is 5.96. The van der Waals surface area contributed by atoms with Gasteiger partial charge in [0, 0.05) is 20.2 Å². The van der Waals surface area contributed by atoms with Crippen molar-refractivity contribution in [1.29, 1.82) is 0 Å². The second kappa shape index (κ2) is 6.34. The van der Waals surface area contributed by atoms with Gasteiger partial charge in [-0.15, -0.1) is 0 Å². The van der Waals surface area contributed by atoms with Crippen LogP contribution in [0.15, 0.2) is 0 Å². The van der Waals surface area contributed by atoms with Gasteiger partial charge in [-0.3, -0.25) is 0 Å². The van der Waals surface area contributed by atoms with E-state index in [-0.39, 0.29) is 17.4 Å². The van der Waals surface area contributed by atoms with Gasteiger partial charge < -0.3 is 15.0 Å². The van der Waals surface area contributed by atoms with Crippen LogP contribution in [0.5, 0.6) is 0 Å². The summed E-state index contributed by atoms with van der Waals surface area (Å²) >= 11 is 5.96. The standard InChI is InChI=1S/C12H20ClN5O/c1-4-6-14-11-15-10(13)16-12(17-11)18(3)9-5-7-19-8(9)2/h8-9H,4-7H2,1-3H3,(H,14,15,16,17). The first-order valence-electron chi connectivity index (χ1n) is 6.61. The third-order valence-electron chi connectivity index (χ3n) is 3.28. The van der Waals surface area contributed by atoms with Crippen molar-refractivity contribution in [2.24, 2.45) is 0 Å². The molecular formula is C12H20ClN5O. The molecule has 1 aromatic rings. The Morgan fingerprint density at radius 3 is 2.84 bits per heavy atom. The largest absolute Gasteiger partial charge is 0.376 e. The van der Waals surface area contributed by atoms with Crippen molar-refractivity contribution < 1.29 is 4.74 Å². The zero-order valence-corrected chi connectivity index (χ0v) is 12.3. The van der Waals surface area contributed by atoms with Crippen LogP contribution in [0, 0.1) is 0 Å². The van der Waals surface area contributed by atoms with Gasteiger partial charge >= 0.3 is 0 Å². The van der Waals surface area contributed by atoms with Crippen LogP contribution in [0.25, 0.3) is 0 Å². The Kier molecular flexibility index (Phi) is 4.76. The van der Waals surface area contributed by atoms with Gasteiger partial charge in [-0.2, -0.15) is 15.0 Å². The van der Waals surface area contributed by atoms with Crippen molar-refractivity contribution in [2.45, 2.75) is 38.8 Å². The lowest BCUT2D eigenvalue weighted by atomic mass is 10.1. The molecule has 0 aromatic carbocycles. The number of anilines is 2. The summed E-state index contributed by atoms with van der Waals surface area (Å²) in [5.74, 6) is 1.11. The molecule has 2 rings (SSSR count). The number of nitrogens with one attached hydrogen (secondary N) is 1. The third-order valence-corrected chi connectivity index (χ3v) is 3.45. The predicted octanol–water partition coefficient (Wildman–Crippen LogP) is 1.96. The molecule has 1 aliphatic rings. The van der Waals surface area contributed by atoms with Gasteiger partial charge in [0.15, 0.2) is 0 Å². The Bertz CT molecular complexity index is 431. The molecule has 1 aromatic heterocycles. The van der Waals surface area contributed by atoms with E-state index < -0.39 is 0 Å². The van der Waals surface area contributed by atoms with Crippen molar-refractivity contribution in [3.63, 3.8) is 0 Å². The number of rotatable bonds is 5. The summed E-state index contributed by atoms with van der Waals surface area (Å²) in [7, 11) is 1.96. The second-order valence-electron chi connectivity index (χ2n) is 4.70. The normalized spacial score (nSPS) is 22.5. The van der Waals surface area contributed by atoms with Crippen LogP contribution >= 0.6 is 11.6 Å². The van der Waals surface area contributed by atoms with Crippen molar-refractivity contribution in [1.82, 2.24) is 15.0 Å². The van der Waals surface area contributed by atoms with Crippen LogP contribution in [-0.4, -0.2) is 47.3 Å². The Morgan fingerprint density at radius 1 is 1.42 bits per heavy atom. The van der Waals surface area contributed by atoms with Gasteiger partial charge in [0.1, 0.15) is 0 Å². The van der Waals surface area contributed by atoms with Gasteiger partial charge in [0.2, 0.25) is 17.2 Å². The van der Waals surface area contributed by atoms with Crippen LogP contribution in [-0.2, 0) is 4.74 Å². The molecule has 0 saturated carbocycles. The lowest BCUT2D eigenvalue weighted by molar-refractivity contribution is 0.118. The fourth-order valence-electron chi connectivity index (χ4n) is 2.19. The molecule has 1 fully saturated rings. The third kappa shape index (κ3) is 3.45. The minimum absolute atomic E-state index is 0.174. The van der Waals surface area contributed by atoms with Crippen LogP contribution in [0.3, 0.4) is 0 Å². The molecule has 1 N–H and O–H groups in total. The first-order chi connectivity index (χ1) is 9.11. The van der Waals surface area contributed by atoms with E-state index in [9.17, 15) is 0 Å². The van der Waals surface area contributed by atoms with Crippen molar-refractivity contribution >= 4 is 23.5 Å². The first kappa shape index (κ1) is 14.3. The van der Waals surface area contributed by atoms with Gasteiger partial charge in [-0.1, -0.05) is 6.92 Å². The molecule has 2 atom stereocenters. The molecule has 2 heterocycles. The Labute approximate surface area is 118 Å². The summed E-state index contributed by atoms with van der Waals surface area (Å²) in [5, 5.41) is 3.34. The second-order valence-corrected chi connectivity index (χ2v) is 5.04. The van der Waals surface area contributed by atoms with Crippen LogP contribution in [0.1, 0.15) is 26.7 Å². The topological polar surface area (TPSA) is 63.2 Å². The molecule has 0 bridgehead atoms. The monoisotopic (exact) mass is 285 g/mol. The fourth-order valence-corrected chi connectivity index (χ4v) is 2.35. The summed E-state index contributed by atoms with van der Waals surface area (Å²) in [6.45, 7) is 5.73.